The molecule has 0 unspecified atom stereocenters. The van der Waals surface area contributed by atoms with E-state index in [0.717, 1.165) is 30.6 Å². The first-order chi connectivity index (χ1) is 12.7. The van der Waals surface area contributed by atoms with Gasteiger partial charge in [0.2, 0.25) is 0 Å². The highest BCUT2D eigenvalue weighted by Crippen LogP contribution is 2.25. The number of carbonyl (C=O) groups is 1. The number of methoxy groups -OCH3 is 1. The molecule has 2 aromatic carbocycles. The predicted octanol–water partition coefficient (Wildman–Crippen LogP) is 4.85. The summed E-state index contributed by atoms with van der Waals surface area (Å²) in [6, 6.07) is 17.3. The number of hydrogen-bond acceptors (Lipinski definition) is 3. The van der Waals surface area contributed by atoms with Crippen LogP contribution < -0.4 is 5.32 Å². The van der Waals surface area contributed by atoms with E-state index in [2.05, 4.69) is 70.7 Å². The number of aryl methyl sites for hydroxylation is 1. The Hall–Kier alpha value is -2.10. The summed E-state index contributed by atoms with van der Waals surface area (Å²) in [5, 5.41) is 3.42. The minimum Gasteiger partial charge on any atom is -0.469 e. The number of carbonyl (C=O) groups excluding carboxylic acids is 1. The zero-order valence-corrected chi connectivity index (χ0v) is 16.6. The third-order valence-corrected chi connectivity index (χ3v) is 5.04. The summed E-state index contributed by atoms with van der Waals surface area (Å²) in [4.78, 5) is 11.2. The molecule has 0 spiro atoms. The number of esters is 1. The van der Waals surface area contributed by atoms with Gasteiger partial charge in [0.1, 0.15) is 0 Å². The average molecular weight is 386 g/mol. The Morgan fingerprint density at radius 2 is 1.56 bits per heavy atom. The van der Waals surface area contributed by atoms with Crippen LogP contribution in [0, 0.1) is 0 Å². The topological polar surface area (TPSA) is 38.3 Å². The maximum atomic E-state index is 11.2. The van der Waals surface area contributed by atoms with Gasteiger partial charge in [0, 0.05) is 6.42 Å². The monoisotopic (exact) mass is 385 g/mol. The molecule has 1 N–H and O–H groups in total. The molecule has 0 atom stereocenters. The molecule has 3 rings (SSSR count). The molecule has 0 saturated carbocycles. The van der Waals surface area contributed by atoms with E-state index in [1.54, 1.807) is 0 Å². The summed E-state index contributed by atoms with van der Waals surface area (Å²) < 4.78 is 4.68. The van der Waals surface area contributed by atoms with Crippen LogP contribution in [0.5, 0.6) is 0 Å². The Bertz CT molecular complexity index is 732. The number of rotatable bonds is 6. The molecule has 0 radical (unpaired) electrons. The number of ether oxygens (including phenoxy) is 1. The molecule has 1 heterocycles. The highest BCUT2D eigenvalue weighted by atomic mass is 35.5. The second-order valence-electron chi connectivity index (χ2n) is 6.84. The smallest absolute Gasteiger partial charge is 0.305 e. The third-order valence-electron chi connectivity index (χ3n) is 5.04. The first kappa shape index (κ1) is 21.2. The van der Waals surface area contributed by atoms with Gasteiger partial charge in [-0.1, -0.05) is 60.7 Å². The Balaban J connectivity index is 0.00000261. The molecule has 0 amide bonds. The minimum atomic E-state index is -0.165. The highest BCUT2D eigenvalue weighted by molar-refractivity contribution is 5.85. The van der Waals surface area contributed by atoms with Gasteiger partial charge in [-0.2, -0.15) is 0 Å². The SMILES string of the molecule is COC(=O)CCc1ccc(C=Cc2ccc(C3CCNCC3)cc2)cc1.Cl. The van der Waals surface area contributed by atoms with Gasteiger partial charge in [0.05, 0.1) is 7.11 Å². The molecule has 1 fully saturated rings. The van der Waals surface area contributed by atoms with Crippen LogP contribution in [0.25, 0.3) is 12.2 Å². The molecule has 2 aromatic rings. The lowest BCUT2D eigenvalue weighted by atomic mass is 9.90. The summed E-state index contributed by atoms with van der Waals surface area (Å²) in [7, 11) is 1.43. The zero-order valence-electron chi connectivity index (χ0n) is 15.8. The first-order valence-corrected chi connectivity index (χ1v) is 9.39. The molecule has 4 heteroatoms. The van der Waals surface area contributed by atoms with E-state index in [1.165, 1.54) is 31.1 Å². The lowest BCUT2D eigenvalue weighted by molar-refractivity contribution is -0.140. The van der Waals surface area contributed by atoms with Gasteiger partial charge in [-0.25, -0.2) is 0 Å². The van der Waals surface area contributed by atoms with Crippen molar-refractivity contribution >= 4 is 30.5 Å². The maximum Gasteiger partial charge on any atom is 0.305 e. The first-order valence-electron chi connectivity index (χ1n) is 9.39. The van der Waals surface area contributed by atoms with E-state index in [0.29, 0.717) is 12.3 Å². The van der Waals surface area contributed by atoms with Crippen LogP contribution in [0.15, 0.2) is 48.5 Å². The molecule has 0 aromatic heterocycles. The number of halogens is 1. The van der Waals surface area contributed by atoms with E-state index in [4.69, 9.17) is 0 Å². The third kappa shape index (κ3) is 6.53. The van der Waals surface area contributed by atoms with Crippen molar-refractivity contribution in [2.24, 2.45) is 0 Å². The van der Waals surface area contributed by atoms with Crippen LogP contribution in [-0.4, -0.2) is 26.2 Å². The predicted molar refractivity (Wildman–Crippen MR) is 114 cm³/mol. The summed E-state index contributed by atoms with van der Waals surface area (Å²) in [6.45, 7) is 2.25. The van der Waals surface area contributed by atoms with Crippen molar-refractivity contribution in [2.45, 2.75) is 31.6 Å². The Morgan fingerprint density at radius 1 is 1.00 bits per heavy atom. The van der Waals surface area contributed by atoms with E-state index in [-0.39, 0.29) is 18.4 Å². The zero-order chi connectivity index (χ0) is 18.2. The number of hydrogen-bond donors (Lipinski definition) is 1. The molecule has 27 heavy (non-hydrogen) atoms. The number of piperidine rings is 1. The largest absolute Gasteiger partial charge is 0.469 e. The summed E-state index contributed by atoms with van der Waals surface area (Å²) in [6.07, 6.45) is 7.89. The fourth-order valence-electron chi connectivity index (χ4n) is 3.37. The molecule has 1 aliphatic rings. The maximum absolute atomic E-state index is 11.2. The summed E-state index contributed by atoms with van der Waals surface area (Å²) in [5.41, 5.74) is 4.99. The Morgan fingerprint density at radius 3 is 2.11 bits per heavy atom. The van der Waals surface area contributed by atoms with E-state index < -0.39 is 0 Å². The standard InChI is InChI=1S/C23H27NO2.ClH/c1-26-23(25)13-10-19-5-2-18(3-6-19)4-7-20-8-11-21(12-9-20)22-14-16-24-17-15-22;/h2-9,11-12,22,24H,10,13-17H2,1H3;1H. The van der Waals surface area contributed by atoms with Crippen molar-refractivity contribution in [3.8, 4) is 0 Å². The molecular formula is C23H28ClNO2. The second-order valence-corrected chi connectivity index (χ2v) is 6.84. The van der Waals surface area contributed by atoms with Crippen molar-refractivity contribution in [3.63, 3.8) is 0 Å². The lowest BCUT2D eigenvalue weighted by Gasteiger charge is -2.22. The molecule has 1 aliphatic heterocycles. The van der Waals surface area contributed by atoms with Crippen LogP contribution in [-0.2, 0) is 16.0 Å². The molecule has 3 nitrogen and oxygen atoms in total. The van der Waals surface area contributed by atoms with E-state index >= 15 is 0 Å². The van der Waals surface area contributed by atoms with Crippen molar-refractivity contribution in [2.75, 3.05) is 20.2 Å². The van der Waals surface area contributed by atoms with Crippen LogP contribution >= 0.6 is 12.4 Å². The molecular weight excluding hydrogens is 358 g/mol. The molecule has 1 saturated heterocycles. The minimum absolute atomic E-state index is 0. The van der Waals surface area contributed by atoms with Crippen LogP contribution in [0.2, 0.25) is 0 Å². The van der Waals surface area contributed by atoms with Gasteiger partial charge in [-0.3, -0.25) is 4.79 Å². The Labute approximate surface area is 168 Å². The van der Waals surface area contributed by atoms with Gasteiger partial charge in [-0.15, -0.1) is 12.4 Å². The van der Waals surface area contributed by atoms with Gasteiger partial charge in [0.25, 0.3) is 0 Å². The van der Waals surface area contributed by atoms with Gasteiger partial charge >= 0.3 is 5.97 Å². The number of benzene rings is 2. The lowest BCUT2D eigenvalue weighted by Crippen LogP contribution is -2.26. The van der Waals surface area contributed by atoms with E-state index in [1.807, 2.05) is 0 Å². The fourth-order valence-corrected chi connectivity index (χ4v) is 3.37. The van der Waals surface area contributed by atoms with Crippen molar-refractivity contribution in [1.82, 2.24) is 5.32 Å². The quantitative estimate of drug-likeness (QED) is 0.570. The average Bonchev–Trinajstić information content (AvgIpc) is 2.72. The molecule has 0 bridgehead atoms. The van der Waals surface area contributed by atoms with Crippen molar-refractivity contribution < 1.29 is 9.53 Å². The van der Waals surface area contributed by atoms with E-state index in [9.17, 15) is 4.79 Å². The fraction of sp³-hybridized carbons (Fsp3) is 0.348. The van der Waals surface area contributed by atoms with Crippen LogP contribution in [0.4, 0.5) is 0 Å². The van der Waals surface area contributed by atoms with Crippen molar-refractivity contribution in [3.05, 3.63) is 70.8 Å². The molecule has 0 aliphatic carbocycles. The second kappa shape index (κ2) is 10.9. The van der Waals surface area contributed by atoms with Gasteiger partial charge < -0.3 is 10.1 Å². The van der Waals surface area contributed by atoms with Crippen molar-refractivity contribution in [1.29, 1.82) is 0 Å². The summed E-state index contributed by atoms with van der Waals surface area (Å²) in [5.74, 6) is 0.536. The summed E-state index contributed by atoms with van der Waals surface area (Å²) >= 11 is 0. The highest BCUT2D eigenvalue weighted by Gasteiger charge is 2.14. The molecule has 144 valence electrons. The normalized spacial score (nSPS) is 14.7. The van der Waals surface area contributed by atoms with Gasteiger partial charge in [0.15, 0.2) is 0 Å². The van der Waals surface area contributed by atoms with Gasteiger partial charge in [-0.05, 0) is 60.5 Å². The van der Waals surface area contributed by atoms with Crippen LogP contribution in [0.1, 0.15) is 47.4 Å². The number of nitrogens with one attached hydrogen (secondary N) is 1. The Kier molecular flexibility index (Phi) is 8.56. The van der Waals surface area contributed by atoms with Crippen LogP contribution in [0.3, 0.4) is 0 Å².